The summed E-state index contributed by atoms with van der Waals surface area (Å²) in [6.07, 6.45) is 4.64. The van der Waals surface area contributed by atoms with Crippen LogP contribution in [0.1, 0.15) is 19.4 Å². The quantitative estimate of drug-likeness (QED) is 0.798. The molecule has 0 saturated heterocycles. The maximum Gasteiger partial charge on any atom is 0.134 e. The standard InChI is InChI=1S/C11H20N4S/c1-5-9-10(12-3)14-7-15-11(9)13-6-8(2)16-4/h7-8H,5-6H2,1-4H3,(H2,12,13,14,15). The second-order valence-electron chi connectivity index (χ2n) is 3.58. The van der Waals surface area contributed by atoms with E-state index in [0.29, 0.717) is 5.25 Å². The summed E-state index contributed by atoms with van der Waals surface area (Å²) in [4.78, 5) is 8.50. The molecule has 0 fully saturated rings. The molecule has 90 valence electrons. The zero-order valence-electron chi connectivity index (χ0n) is 10.4. The lowest BCUT2D eigenvalue weighted by atomic mass is 10.2. The Bertz CT molecular complexity index is 330. The van der Waals surface area contributed by atoms with E-state index in [4.69, 9.17) is 0 Å². The molecule has 0 saturated carbocycles. The third-order valence-corrected chi connectivity index (χ3v) is 3.47. The van der Waals surface area contributed by atoms with Gasteiger partial charge in [-0.05, 0) is 12.7 Å². The minimum atomic E-state index is 0.581. The first-order valence-electron chi connectivity index (χ1n) is 5.51. The molecule has 1 aromatic rings. The third-order valence-electron chi connectivity index (χ3n) is 2.50. The van der Waals surface area contributed by atoms with E-state index in [0.717, 1.165) is 30.2 Å². The summed E-state index contributed by atoms with van der Waals surface area (Å²) in [6, 6.07) is 0. The third kappa shape index (κ3) is 3.27. The predicted molar refractivity (Wildman–Crippen MR) is 72.4 cm³/mol. The average Bonchev–Trinajstić information content (AvgIpc) is 2.34. The lowest BCUT2D eigenvalue weighted by Gasteiger charge is -2.14. The molecule has 1 unspecified atom stereocenters. The minimum Gasteiger partial charge on any atom is -0.373 e. The largest absolute Gasteiger partial charge is 0.373 e. The SMILES string of the molecule is CCc1c(NC)ncnc1NCC(C)SC. The summed E-state index contributed by atoms with van der Waals surface area (Å²) in [6.45, 7) is 5.24. The van der Waals surface area contributed by atoms with Gasteiger partial charge in [0, 0.05) is 24.4 Å². The van der Waals surface area contributed by atoms with Gasteiger partial charge in [0.25, 0.3) is 0 Å². The van der Waals surface area contributed by atoms with Gasteiger partial charge in [0.05, 0.1) is 0 Å². The van der Waals surface area contributed by atoms with Crippen LogP contribution in [0, 0.1) is 0 Å². The smallest absolute Gasteiger partial charge is 0.134 e. The zero-order valence-corrected chi connectivity index (χ0v) is 11.2. The summed E-state index contributed by atoms with van der Waals surface area (Å²) in [5, 5.41) is 7.05. The van der Waals surface area contributed by atoms with Crippen LogP contribution in [0.15, 0.2) is 6.33 Å². The van der Waals surface area contributed by atoms with Crippen LogP contribution in [-0.2, 0) is 6.42 Å². The monoisotopic (exact) mass is 240 g/mol. The van der Waals surface area contributed by atoms with Crippen LogP contribution < -0.4 is 10.6 Å². The highest BCUT2D eigenvalue weighted by atomic mass is 32.2. The topological polar surface area (TPSA) is 49.8 Å². The molecule has 0 bridgehead atoms. The fourth-order valence-corrected chi connectivity index (χ4v) is 1.69. The van der Waals surface area contributed by atoms with Crippen molar-refractivity contribution in [3.05, 3.63) is 11.9 Å². The lowest BCUT2D eigenvalue weighted by Crippen LogP contribution is -2.15. The van der Waals surface area contributed by atoms with Crippen LogP contribution in [-0.4, -0.2) is 35.1 Å². The Morgan fingerprint density at radius 1 is 1.38 bits per heavy atom. The van der Waals surface area contributed by atoms with Gasteiger partial charge in [-0.3, -0.25) is 0 Å². The van der Waals surface area contributed by atoms with Gasteiger partial charge in [-0.25, -0.2) is 9.97 Å². The van der Waals surface area contributed by atoms with E-state index in [-0.39, 0.29) is 0 Å². The van der Waals surface area contributed by atoms with Crippen molar-refractivity contribution in [2.24, 2.45) is 0 Å². The molecular weight excluding hydrogens is 220 g/mol. The van der Waals surface area contributed by atoms with Gasteiger partial charge in [0.2, 0.25) is 0 Å². The van der Waals surface area contributed by atoms with Crippen molar-refractivity contribution in [1.29, 1.82) is 0 Å². The predicted octanol–water partition coefficient (Wildman–Crippen LogP) is 2.24. The fourth-order valence-electron chi connectivity index (χ4n) is 1.44. The molecule has 1 heterocycles. The summed E-state index contributed by atoms with van der Waals surface area (Å²) in [5.74, 6) is 1.86. The van der Waals surface area contributed by atoms with Crippen molar-refractivity contribution in [1.82, 2.24) is 9.97 Å². The Hall–Kier alpha value is -0.970. The molecule has 1 rings (SSSR count). The van der Waals surface area contributed by atoms with Gasteiger partial charge in [-0.1, -0.05) is 13.8 Å². The first-order valence-corrected chi connectivity index (χ1v) is 6.80. The number of hydrogen-bond acceptors (Lipinski definition) is 5. The van der Waals surface area contributed by atoms with Crippen LogP contribution in [0.25, 0.3) is 0 Å². The summed E-state index contributed by atoms with van der Waals surface area (Å²) < 4.78 is 0. The number of nitrogens with one attached hydrogen (secondary N) is 2. The summed E-state index contributed by atoms with van der Waals surface area (Å²) in [7, 11) is 1.88. The molecule has 0 aliphatic rings. The van der Waals surface area contributed by atoms with Crippen LogP contribution in [0.3, 0.4) is 0 Å². The molecule has 0 aliphatic carbocycles. The highest BCUT2D eigenvalue weighted by Gasteiger charge is 2.09. The van der Waals surface area contributed by atoms with Crippen molar-refractivity contribution < 1.29 is 0 Å². The van der Waals surface area contributed by atoms with E-state index in [1.807, 2.05) is 18.8 Å². The lowest BCUT2D eigenvalue weighted by molar-refractivity contribution is 0.965. The van der Waals surface area contributed by atoms with Gasteiger partial charge in [-0.2, -0.15) is 11.8 Å². The van der Waals surface area contributed by atoms with Gasteiger partial charge in [0.15, 0.2) is 0 Å². The Labute approximate surface area is 102 Å². The van der Waals surface area contributed by atoms with Crippen molar-refractivity contribution in [2.45, 2.75) is 25.5 Å². The molecule has 2 N–H and O–H groups in total. The normalized spacial score (nSPS) is 12.2. The van der Waals surface area contributed by atoms with E-state index >= 15 is 0 Å². The van der Waals surface area contributed by atoms with Crippen molar-refractivity contribution in [3.8, 4) is 0 Å². The maximum absolute atomic E-state index is 4.29. The Morgan fingerprint density at radius 2 is 2.06 bits per heavy atom. The van der Waals surface area contributed by atoms with Gasteiger partial charge < -0.3 is 10.6 Å². The van der Waals surface area contributed by atoms with Gasteiger partial charge in [0.1, 0.15) is 18.0 Å². The average molecular weight is 240 g/mol. The molecule has 0 aromatic carbocycles. The summed E-state index contributed by atoms with van der Waals surface area (Å²) in [5.41, 5.74) is 1.15. The van der Waals surface area contributed by atoms with E-state index < -0.39 is 0 Å². The van der Waals surface area contributed by atoms with E-state index in [1.54, 1.807) is 6.33 Å². The molecule has 16 heavy (non-hydrogen) atoms. The first-order chi connectivity index (χ1) is 7.72. The zero-order chi connectivity index (χ0) is 12.0. The highest BCUT2D eigenvalue weighted by molar-refractivity contribution is 7.99. The second-order valence-corrected chi connectivity index (χ2v) is 4.86. The number of aromatic nitrogens is 2. The second kappa shape index (κ2) is 6.58. The maximum atomic E-state index is 4.29. The summed E-state index contributed by atoms with van der Waals surface area (Å²) >= 11 is 1.85. The van der Waals surface area contributed by atoms with Crippen LogP contribution in [0.2, 0.25) is 0 Å². The Morgan fingerprint density at radius 3 is 2.62 bits per heavy atom. The molecule has 5 heteroatoms. The molecule has 0 spiro atoms. The van der Waals surface area contributed by atoms with E-state index in [2.05, 4.69) is 40.7 Å². The molecule has 1 atom stereocenters. The molecule has 4 nitrogen and oxygen atoms in total. The number of rotatable bonds is 6. The molecule has 0 aliphatic heterocycles. The fraction of sp³-hybridized carbons (Fsp3) is 0.636. The number of hydrogen-bond donors (Lipinski definition) is 2. The van der Waals surface area contributed by atoms with Crippen LogP contribution in [0.5, 0.6) is 0 Å². The minimum absolute atomic E-state index is 0.581. The van der Waals surface area contributed by atoms with E-state index in [9.17, 15) is 0 Å². The molecular formula is C11H20N4S. The van der Waals surface area contributed by atoms with Crippen LogP contribution in [0.4, 0.5) is 11.6 Å². The highest BCUT2D eigenvalue weighted by Crippen LogP contribution is 2.20. The number of nitrogens with zero attached hydrogens (tertiary/aromatic N) is 2. The van der Waals surface area contributed by atoms with Gasteiger partial charge >= 0.3 is 0 Å². The van der Waals surface area contributed by atoms with Gasteiger partial charge in [-0.15, -0.1) is 0 Å². The Balaban J connectivity index is 2.78. The Kier molecular flexibility index (Phi) is 5.38. The molecule has 1 aromatic heterocycles. The number of anilines is 2. The van der Waals surface area contributed by atoms with E-state index in [1.165, 1.54) is 0 Å². The molecule has 0 amide bonds. The van der Waals surface area contributed by atoms with Crippen molar-refractivity contribution in [3.63, 3.8) is 0 Å². The van der Waals surface area contributed by atoms with Crippen molar-refractivity contribution in [2.75, 3.05) is 30.5 Å². The van der Waals surface area contributed by atoms with Crippen molar-refractivity contribution >= 4 is 23.4 Å². The van der Waals surface area contributed by atoms with Crippen LogP contribution >= 0.6 is 11.8 Å². The number of thioether (sulfide) groups is 1. The first kappa shape index (κ1) is 13.1. The molecule has 0 radical (unpaired) electrons.